The Morgan fingerprint density at radius 3 is 2.31 bits per heavy atom. The molecule has 3 saturated heterocycles. The monoisotopic (exact) mass is 463 g/mol. The highest BCUT2D eigenvalue weighted by Gasteiger charge is 2.30. The first-order valence-electron chi connectivity index (χ1n) is 11.6. The summed E-state index contributed by atoms with van der Waals surface area (Å²) in [6.07, 6.45) is 5.13. The second kappa shape index (κ2) is 10.2. The topological polar surface area (TPSA) is 91.1 Å². The van der Waals surface area contributed by atoms with Crippen LogP contribution in [0.15, 0.2) is 12.1 Å². The average Bonchev–Trinajstić information content (AvgIpc) is 2.76. The minimum absolute atomic E-state index is 0.135. The highest BCUT2D eigenvalue weighted by molar-refractivity contribution is 6.33. The normalized spacial score (nSPS) is 20.7. The molecule has 0 radical (unpaired) electrons. The number of nitrogens with one attached hydrogen (secondary N) is 1. The van der Waals surface area contributed by atoms with Crippen LogP contribution in [0.5, 0.6) is 5.75 Å². The van der Waals surface area contributed by atoms with Crippen molar-refractivity contribution in [3.05, 3.63) is 22.7 Å². The summed E-state index contributed by atoms with van der Waals surface area (Å²) in [5.41, 5.74) is 6.62. The van der Waals surface area contributed by atoms with Gasteiger partial charge in [-0.3, -0.25) is 4.79 Å². The largest absolute Gasteiger partial charge is 0.496 e. The molecule has 32 heavy (non-hydrogen) atoms. The lowest BCUT2D eigenvalue weighted by Crippen LogP contribution is -2.52. The van der Waals surface area contributed by atoms with Gasteiger partial charge in [0.15, 0.2) is 0 Å². The molecule has 0 aliphatic carbocycles. The lowest BCUT2D eigenvalue weighted by Gasteiger charge is -2.41. The van der Waals surface area contributed by atoms with Gasteiger partial charge in [0.05, 0.1) is 23.4 Å². The number of carbonyl (C=O) groups excluding carboxylic acids is 2. The molecular weight excluding hydrogens is 430 g/mol. The fourth-order valence-corrected chi connectivity index (χ4v) is 4.98. The van der Waals surface area contributed by atoms with E-state index >= 15 is 0 Å². The fraction of sp³-hybridized carbons (Fsp3) is 0.652. The standard InChI is InChI=1S/C23H34ClN5O3/c1-32-21-14-20(25)19(24)13-18(21)22(30)26-17-5-9-27(10-6-17)15-16-3-11-29(12-4-16)23(31)28-7-2-8-28/h13-14,16-17H,2-12,15,25H2,1H3,(H,26,30). The van der Waals surface area contributed by atoms with E-state index in [9.17, 15) is 9.59 Å². The molecule has 3 aliphatic rings. The van der Waals surface area contributed by atoms with Gasteiger partial charge in [-0.15, -0.1) is 0 Å². The third-order valence-corrected chi connectivity index (χ3v) is 7.34. The smallest absolute Gasteiger partial charge is 0.319 e. The second-order valence-corrected chi connectivity index (χ2v) is 9.58. The highest BCUT2D eigenvalue weighted by Crippen LogP contribution is 2.29. The third kappa shape index (κ3) is 5.23. The van der Waals surface area contributed by atoms with Crippen molar-refractivity contribution in [2.75, 3.05) is 58.7 Å². The lowest BCUT2D eigenvalue weighted by molar-refractivity contribution is 0.0869. The van der Waals surface area contributed by atoms with Crippen molar-refractivity contribution in [2.24, 2.45) is 5.92 Å². The van der Waals surface area contributed by atoms with E-state index in [4.69, 9.17) is 22.1 Å². The Morgan fingerprint density at radius 1 is 1.06 bits per heavy atom. The first-order valence-corrected chi connectivity index (χ1v) is 12.0. The number of anilines is 1. The van der Waals surface area contributed by atoms with Gasteiger partial charge in [-0.05, 0) is 44.1 Å². The maximum Gasteiger partial charge on any atom is 0.319 e. The number of likely N-dealkylation sites (tertiary alicyclic amines) is 3. The Labute approximate surface area is 195 Å². The molecule has 3 heterocycles. The van der Waals surface area contributed by atoms with Crippen LogP contribution in [0.2, 0.25) is 5.02 Å². The summed E-state index contributed by atoms with van der Waals surface area (Å²) in [7, 11) is 1.52. The summed E-state index contributed by atoms with van der Waals surface area (Å²) in [6.45, 7) is 6.60. The number of ether oxygens (including phenoxy) is 1. The van der Waals surface area contributed by atoms with E-state index in [0.29, 0.717) is 27.9 Å². The van der Waals surface area contributed by atoms with Gasteiger partial charge in [0.1, 0.15) is 5.75 Å². The molecule has 4 rings (SSSR count). The van der Waals surface area contributed by atoms with Crippen LogP contribution in [0.3, 0.4) is 0 Å². The summed E-state index contributed by atoms with van der Waals surface area (Å²) in [5, 5.41) is 3.48. The van der Waals surface area contributed by atoms with Crippen molar-refractivity contribution < 1.29 is 14.3 Å². The maximum atomic E-state index is 12.8. The molecular formula is C23H34ClN5O3. The number of nitrogen functional groups attached to an aromatic ring is 1. The van der Waals surface area contributed by atoms with Gasteiger partial charge in [-0.25, -0.2) is 4.79 Å². The zero-order valence-electron chi connectivity index (χ0n) is 18.8. The Bertz CT molecular complexity index is 831. The number of benzene rings is 1. The third-order valence-electron chi connectivity index (χ3n) is 7.01. The number of rotatable bonds is 5. The van der Waals surface area contributed by atoms with Crippen LogP contribution in [0.1, 0.15) is 42.5 Å². The number of methoxy groups -OCH3 is 1. The zero-order valence-corrected chi connectivity index (χ0v) is 19.6. The van der Waals surface area contributed by atoms with E-state index in [1.54, 1.807) is 12.1 Å². The number of hydrogen-bond donors (Lipinski definition) is 2. The number of halogens is 1. The molecule has 0 atom stereocenters. The van der Waals surface area contributed by atoms with Crippen molar-refractivity contribution in [2.45, 2.75) is 38.1 Å². The number of hydrogen-bond acceptors (Lipinski definition) is 5. The fourth-order valence-electron chi connectivity index (χ4n) is 4.82. The van der Waals surface area contributed by atoms with Gasteiger partial charge in [-0.2, -0.15) is 0 Å². The number of urea groups is 1. The molecule has 9 heteroatoms. The first kappa shape index (κ1) is 23.0. The van der Waals surface area contributed by atoms with Crippen LogP contribution in [0.25, 0.3) is 0 Å². The Hall–Kier alpha value is -2.19. The quantitative estimate of drug-likeness (QED) is 0.655. The maximum absolute atomic E-state index is 12.8. The summed E-state index contributed by atoms with van der Waals surface area (Å²) in [6, 6.07) is 3.52. The van der Waals surface area contributed by atoms with Gasteiger partial charge in [0.25, 0.3) is 5.91 Å². The number of nitrogens with zero attached hydrogens (tertiary/aromatic N) is 3. The molecule has 3 aliphatic heterocycles. The summed E-state index contributed by atoms with van der Waals surface area (Å²) < 4.78 is 5.30. The van der Waals surface area contributed by atoms with Gasteiger partial charge >= 0.3 is 6.03 Å². The summed E-state index contributed by atoms with van der Waals surface area (Å²) in [4.78, 5) is 31.6. The molecule has 1 aromatic rings. The molecule has 3 N–H and O–H groups in total. The van der Waals surface area contributed by atoms with E-state index in [1.807, 2.05) is 9.80 Å². The van der Waals surface area contributed by atoms with Gasteiger partial charge < -0.3 is 30.5 Å². The Kier molecular flexibility index (Phi) is 7.30. The molecule has 3 amide bonds. The van der Waals surface area contributed by atoms with Crippen LogP contribution in [-0.4, -0.2) is 85.6 Å². The van der Waals surface area contributed by atoms with Crippen LogP contribution >= 0.6 is 11.6 Å². The number of nitrogens with two attached hydrogens (primary N) is 1. The predicted molar refractivity (Wildman–Crippen MR) is 125 cm³/mol. The van der Waals surface area contributed by atoms with Crippen molar-refractivity contribution >= 4 is 29.2 Å². The average molecular weight is 464 g/mol. The van der Waals surface area contributed by atoms with Gasteiger partial charge in [0.2, 0.25) is 0 Å². The molecule has 0 saturated carbocycles. The van der Waals surface area contributed by atoms with Crippen LogP contribution in [-0.2, 0) is 0 Å². The number of amides is 3. The summed E-state index contributed by atoms with van der Waals surface area (Å²) in [5.74, 6) is 0.893. The van der Waals surface area contributed by atoms with E-state index in [2.05, 4.69) is 10.2 Å². The van der Waals surface area contributed by atoms with Gasteiger partial charge in [-0.1, -0.05) is 11.6 Å². The van der Waals surface area contributed by atoms with Crippen molar-refractivity contribution in [1.82, 2.24) is 20.0 Å². The molecule has 0 bridgehead atoms. The Morgan fingerprint density at radius 2 is 1.72 bits per heavy atom. The minimum Gasteiger partial charge on any atom is -0.496 e. The van der Waals surface area contributed by atoms with Crippen molar-refractivity contribution in [1.29, 1.82) is 0 Å². The number of piperidine rings is 2. The molecule has 3 fully saturated rings. The Balaban J connectivity index is 1.20. The van der Waals surface area contributed by atoms with E-state index < -0.39 is 0 Å². The van der Waals surface area contributed by atoms with Crippen LogP contribution in [0, 0.1) is 5.92 Å². The van der Waals surface area contributed by atoms with E-state index in [1.165, 1.54) is 7.11 Å². The van der Waals surface area contributed by atoms with Crippen molar-refractivity contribution in [3.63, 3.8) is 0 Å². The van der Waals surface area contributed by atoms with Crippen molar-refractivity contribution in [3.8, 4) is 5.75 Å². The van der Waals surface area contributed by atoms with E-state index in [0.717, 1.165) is 77.9 Å². The van der Waals surface area contributed by atoms with E-state index in [-0.39, 0.29) is 18.0 Å². The summed E-state index contributed by atoms with van der Waals surface area (Å²) >= 11 is 6.10. The number of carbonyl (C=O) groups is 2. The first-order chi connectivity index (χ1) is 15.4. The SMILES string of the molecule is COc1cc(N)c(Cl)cc1C(=O)NC1CCN(CC2CCN(C(=O)N3CCC3)CC2)CC1. The lowest BCUT2D eigenvalue weighted by atomic mass is 9.94. The molecule has 8 nitrogen and oxygen atoms in total. The molecule has 176 valence electrons. The molecule has 0 aromatic heterocycles. The highest BCUT2D eigenvalue weighted by atomic mass is 35.5. The van der Waals surface area contributed by atoms with Crippen LogP contribution < -0.4 is 15.8 Å². The molecule has 0 spiro atoms. The second-order valence-electron chi connectivity index (χ2n) is 9.18. The molecule has 1 aromatic carbocycles. The van der Waals surface area contributed by atoms with Gasteiger partial charge in [0, 0.05) is 57.9 Å². The van der Waals surface area contributed by atoms with Crippen LogP contribution in [0.4, 0.5) is 10.5 Å². The molecule has 0 unspecified atom stereocenters. The predicted octanol–water partition coefficient (Wildman–Crippen LogP) is 2.66. The minimum atomic E-state index is -0.179. The zero-order chi connectivity index (χ0) is 22.7.